The molecule has 3 rings (SSSR count). The highest BCUT2D eigenvalue weighted by molar-refractivity contribution is 6.32. The first kappa shape index (κ1) is 16.4. The number of hydrogen-bond donors (Lipinski definition) is 1. The van der Waals surface area contributed by atoms with Gasteiger partial charge in [0.1, 0.15) is 18.0 Å². The lowest BCUT2D eigenvalue weighted by Crippen LogP contribution is -2.36. The second kappa shape index (κ2) is 7.90. The van der Waals surface area contributed by atoms with Gasteiger partial charge >= 0.3 is 0 Å². The highest BCUT2D eigenvalue weighted by Crippen LogP contribution is 2.17. The van der Waals surface area contributed by atoms with Gasteiger partial charge < -0.3 is 15.0 Å². The molecule has 2 heterocycles. The van der Waals surface area contributed by atoms with E-state index in [0.717, 1.165) is 24.5 Å². The number of aromatic nitrogens is 2. The van der Waals surface area contributed by atoms with Crippen molar-refractivity contribution in [2.75, 3.05) is 36.5 Å². The van der Waals surface area contributed by atoms with Crippen LogP contribution in [0.2, 0.25) is 5.02 Å². The number of carbonyl (C=O) groups excluding carboxylic acids is 1. The zero-order chi connectivity index (χ0) is 16.8. The van der Waals surface area contributed by atoms with Crippen LogP contribution >= 0.6 is 11.6 Å². The number of rotatable bonds is 4. The Labute approximate surface area is 145 Å². The van der Waals surface area contributed by atoms with Crippen molar-refractivity contribution in [1.29, 1.82) is 0 Å². The van der Waals surface area contributed by atoms with Gasteiger partial charge in [0.2, 0.25) is 5.91 Å². The second-order valence-electron chi connectivity index (χ2n) is 5.20. The van der Waals surface area contributed by atoms with Crippen molar-refractivity contribution in [2.45, 2.75) is 0 Å². The molecule has 1 aliphatic rings. The van der Waals surface area contributed by atoms with Crippen LogP contribution in [0.5, 0.6) is 0 Å². The van der Waals surface area contributed by atoms with E-state index in [0.29, 0.717) is 24.1 Å². The van der Waals surface area contributed by atoms with E-state index in [1.165, 1.54) is 12.4 Å². The van der Waals surface area contributed by atoms with Crippen molar-refractivity contribution in [1.82, 2.24) is 9.97 Å². The van der Waals surface area contributed by atoms with Crippen LogP contribution in [0.3, 0.4) is 0 Å². The number of morpholine rings is 1. The maximum absolute atomic E-state index is 12.0. The summed E-state index contributed by atoms with van der Waals surface area (Å²) in [4.78, 5) is 22.5. The Morgan fingerprint density at radius 2 is 2.04 bits per heavy atom. The highest BCUT2D eigenvalue weighted by Gasteiger charge is 2.13. The maximum Gasteiger partial charge on any atom is 0.249 e. The molecule has 1 aromatic carbocycles. The molecule has 124 valence electrons. The Bertz CT molecular complexity index is 745. The molecule has 0 radical (unpaired) electrons. The third-order valence-electron chi connectivity index (χ3n) is 3.56. The predicted octanol–water partition coefficient (Wildman–Crippen LogP) is 2.62. The largest absolute Gasteiger partial charge is 0.378 e. The van der Waals surface area contributed by atoms with E-state index in [-0.39, 0.29) is 5.91 Å². The quantitative estimate of drug-likeness (QED) is 0.863. The Balaban J connectivity index is 1.65. The molecule has 0 atom stereocenters. The monoisotopic (exact) mass is 344 g/mol. The van der Waals surface area contributed by atoms with Gasteiger partial charge in [-0.3, -0.25) is 4.79 Å². The minimum Gasteiger partial charge on any atom is -0.378 e. The summed E-state index contributed by atoms with van der Waals surface area (Å²) in [6.07, 6.45) is 4.54. The minimum absolute atomic E-state index is 0.276. The smallest absolute Gasteiger partial charge is 0.249 e. The van der Waals surface area contributed by atoms with Crippen LogP contribution in [0.4, 0.5) is 11.6 Å². The molecular formula is C17H17ClN4O2. The molecule has 0 saturated carbocycles. The summed E-state index contributed by atoms with van der Waals surface area (Å²) in [5.74, 6) is 0.959. The van der Waals surface area contributed by atoms with Crippen LogP contribution in [0.15, 0.2) is 42.7 Å². The third-order valence-corrected chi connectivity index (χ3v) is 3.90. The summed E-state index contributed by atoms with van der Waals surface area (Å²) < 4.78 is 5.32. The average molecular weight is 345 g/mol. The Hall–Kier alpha value is -2.44. The van der Waals surface area contributed by atoms with Crippen LogP contribution in [-0.4, -0.2) is 42.2 Å². The standard InChI is InChI=1S/C17H17ClN4O2/c18-14-4-2-1-3-13(14)5-6-17(23)21-15-11-16(20-12-19-15)22-7-9-24-10-8-22/h1-6,11-12H,7-10H2,(H,19,20,21,23)/b6-5+. The normalized spacial score (nSPS) is 14.8. The van der Waals surface area contributed by atoms with Crippen LogP contribution in [0.1, 0.15) is 5.56 Å². The van der Waals surface area contributed by atoms with E-state index in [1.54, 1.807) is 18.2 Å². The van der Waals surface area contributed by atoms with Crippen molar-refractivity contribution >= 4 is 35.2 Å². The first-order valence-electron chi connectivity index (χ1n) is 7.61. The fourth-order valence-corrected chi connectivity index (χ4v) is 2.52. The second-order valence-corrected chi connectivity index (χ2v) is 5.61. The summed E-state index contributed by atoms with van der Waals surface area (Å²) in [5, 5.41) is 3.33. The van der Waals surface area contributed by atoms with Gasteiger partial charge in [0.05, 0.1) is 13.2 Å². The van der Waals surface area contributed by atoms with Crippen molar-refractivity contribution in [3.63, 3.8) is 0 Å². The summed E-state index contributed by atoms with van der Waals surface area (Å²) in [5.41, 5.74) is 0.783. The summed E-state index contributed by atoms with van der Waals surface area (Å²) in [6.45, 7) is 2.89. The number of anilines is 2. The fraction of sp³-hybridized carbons (Fsp3) is 0.235. The molecule has 1 aromatic heterocycles. The fourth-order valence-electron chi connectivity index (χ4n) is 2.32. The van der Waals surface area contributed by atoms with Gasteiger partial charge in [-0.1, -0.05) is 29.8 Å². The lowest BCUT2D eigenvalue weighted by atomic mass is 10.2. The van der Waals surface area contributed by atoms with E-state index in [2.05, 4.69) is 20.2 Å². The predicted molar refractivity (Wildman–Crippen MR) is 94.2 cm³/mol. The number of nitrogens with one attached hydrogen (secondary N) is 1. The van der Waals surface area contributed by atoms with Crippen molar-refractivity contribution in [3.8, 4) is 0 Å². The molecule has 0 bridgehead atoms. The molecule has 7 heteroatoms. The molecule has 0 unspecified atom stereocenters. The zero-order valence-corrected chi connectivity index (χ0v) is 13.7. The molecule has 1 N–H and O–H groups in total. The first-order valence-corrected chi connectivity index (χ1v) is 7.98. The number of hydrogen-bond acceptors (Lipinski definition) is 5. The molecule has 1 aliphatic heterocycles. The van der Waals surface area contributed by atoms with Gasteiger partial charge in [-0.2, -0.15) is 0 Å². The molecule has 2 aromatic rings. The molecule has 1 fully saturated rings. The number of amides is 1. The highest BCUT2D eigenvalue weighted by atomic mass is 35.5. The Morgan fingerprint density at radius 3 is 2.83 bits per heavy atom. The number of nitrogens with zero attached hydrogens (tertiary/aromatic N) is 3. The number of benzene rings is 1. The summed E-state index contributed by atoms with van der Waals surface area (Å²) in [6, 6.07) is 9.08. The van der Waals surface area contributed by atoms with E-state index < -0.39 is 0 Å². The van der Waals surface area contributed by atoms with Gasteiger partial charge in [-0.05, 0) is 17.7 Å². The van der Waals surface area contributed by atoms with Crippen LogP contribution in [0, 0.1) is 0 Å². The molecule has 1 saturated heterocycles. The van der Waals surface area contributed by atoms with Crippen LogP contribution < -0.4 is 10.2 Å². The van der Waals surface area contributed by atoms with Gasteiger partial charge in [0, 0.05) is 30.3 Å². The topological polar surface area (TPSA) is 67.4 Å². The average Bonchev–Trinajstić information content (AvgIpc) is 2.62. The van der Waals surface area contributed by atoms with Gasteiger partial charge in [-0.25, -0.2) is 9.97 Å². The van der Waals surface area contributed by atoms with Crippen molar-refractivity contribution in [3.05, 3.63) is 53.3 Å². The zero-order valence-electron chi connectivity index (χ0n) is 13.0. The summed E-state index contributed by atoms with van der Waals surface area (Å²) >= 11 is 6.06. The Morgan fingerprint density at radius 1 is 1.25 bits per heavy atom. The maximum atomic E-state index is 12.0. The number of ether oxygens (including phenoxy) is 1. The van der Waals surface area contributed by atoms with Crippen LogP contribution in [0.25, 0.3) is 6.08 Å². The number of carbonyl (C=O) groups is 1. The van der Waals surface area contributed by atoms with Gasteiger partial charge in [-0.15, -0.1) is 0 Å². The summed E-state index contributed by atoms with van der Waals surface area (Å²) in [7, 11) is 0. The third kappa shape index (κ3) is 4.31. The molecule has 1 amide bonds. The van der Waals surface area contributed by atoms with E-state index >= 15 is 0 Å². The Kier molecular flexibility index (Phi) is 5.40. The number of halogens is 1. The minimum atomic E-state index is -0.276. The van der Waals surface area contributed by atoms with E-state index in [9.17, 15) is 4.79 Å². The van der Waals surface area contributed by atoms with Crippen LogP contribution in [-0.2, 0) is 9.53 Å². The van der Waals surface area contributed by atoms with Gasteiger partial charge in [0.25, 0.3) is 0 Å². The molecule has 24 heavy (non-hydrogen) atoms. The van der Waals surface area contributed by atoms with Gasteiger partial charge in [0.15, 0.2) is 0 Å². The molecule has 0 spiro atoms. The molecule has 6 nitrogen and oxygen atoms in total. The lowest BCUT2D eigenvalue weighted by molar-refractivity contribution is -0.111. The molecular weight excluding hydrogens is 328 g/mol. The van der Waals surface area contributed by atoms with E-state index in [4.69, 9.17) is 16.3 Å². The van der Waals surface area contributed by atoms with E-state index in [1.807, 2.05) is 18.2 Å². The first-order chi connectivity index (χ1) is 11.7. The van der Waals surface area contributed by atoms with Crippen molar-refractivity contribution in [2.24, 2.45) is 0 Å². The SMILES string of the molecule is O=C(/C=C/c1ccccc1Cl)Nc1cc(N2CCOCC2)ncn1. The molecule has 0 aliphatic carbocycles. The van der Waals surface area contributed by atoms with Crippen molar-refractivity contribution < 1.29 is 9.53 Å². The lowest BCUT2D eigenvalue weighted by Gasteiger charge is -2.27.